The average molecular weight is 412 g/mol. The van der Waals surface area contributed by atoms with E-state index in [0.29, 0.717) is 37.1 Å². The average Bonchev–Trinajstić information content (AvgIpc) is 3.28. The van der Waals surface area contributed by atoms with Crippen molar-refractivity contribution in [1.82, 2.24) is 15.3 Å². The minimum atomic E-state index is -0.331. The lowest BCUT2D eigenvalue weighted by atomic mass is 9.96. The van der Waals surface area contributed by atoms with Crippen LogP contribution in [0.25, 0.3) is 0 Å². The Balaban J connectivity index is 1.32. The number of nitrogens with one attached hydrogen (secondary N) is 2. The van der Waals surface area contributed by atoms with Crippen LogP contribution in [0, 0.1) is 11.7 Å². The molecular weight excluding hydrogens is 389 g/mol. The van der Waals surface area contributed by atoms with Crippen LogP contribution in [0.2, 0.25) is 0 Å². The van der Waals surface area contributed by atoms with E-state index in [4.69, 9.17) is 0 Å². The number of para-hydroxylation sites is 1. The van der Waals surface area contributed by atoms with Crippen molar-refractivity contribution in [2.75, 3.05) is 23.3 Å². The Morgan fingerprint density at radius 1 is 1.17 bits per heavy atom. The standard InChI is InChI=1S/C21H22FN5OS/c22-17-5-1-2-6-18(17)25-19-7-10-23-21(26-19)27-11-8-15(9-12-27)20(28)24-14-16-4-3-13-29-16/h1-7,10,13,15H,8-9,11-12,14H2,(H,24,28)(H,23,25,26). The summed E-state index contributed by atoms with van der Waals surface area (Å²) < 4.78 is 13.8. The molecule has 0 unspecified atom stereocenters. The number of halogens is 1. The SMILES string of the molecule is O=C(NCc1cccs1)C1CCN(c2nccc(Nc3ccccc3F)n2)CC1. The smallest absolute Gasteiger partial charge is 0.227 e. The van der Waals surface area contributed by atoms with E-state index in [9.17, 15) is 9.18 Å². The van der Waals surface area contributed by atoms with Gasteiger partial charge in [-0.2, -0.15) is 4.98 Å². The zero-order valence-corrected chi connectivity index (χ0v) is 16.7. The number of amides is 1. The molecule has 8 heteroatoms. The molecule has 4 rings (SSSR count). The molecule has 0 radical (unpaired) electrons. The van der Waals surface area contributed by atoms with Crippen molar-refractivity contribution < 1.29 is 9.18 Å². The number of rotatable bonds is 6. The van der Waals surface area contributed by atoms with E-state index in [1.807, 2.05) is 17.5 Å². The van der Waals surface area contributed by atoms with Crippen LogP contribution < -0.4 is 15.5 Å². The second kappa shape index (κ2) is 9.00. The summed E-state index contributed by atoms with van der Waals surface area (Å²) in [5, 5.41) is 8.03. The molecule has 1 aliphatic heterocycles. The quantitative estimate of drug-likeness (QED) is 0.643. The van der Waals surface area contributed by atoms with E-state index in [1.54, 1.807) is 41.8 Å². The Morgan fingerprint density at radius 3 is 2.76 bits per heavy atom. The number of carbonyl (C=O) groups is 1. The first-order valence-corrected chi connectivity index (χ1v) is 10.5. The van der Waals surface area contributed by atoms with Gasteiger partial charge in [-0.05, 0) is 42.5 Å². The molecule has 0 bridgehead atoms. The number of hydrogen-bond donors (Lipinski definition) is 2. The number of nitrogens with zero attached hydrogens (tertiary/aromatic N) is 3. The Labute approximate surface area is 172 Å². The molecule has 3 heterocycles. The predicted octanol–water partition coefficient (Wildman–Crippen LogP) is 3.95. The van der Waals surface area contributed by atoms with Crippen LogP contribution in [0.1, 0.15) is 17.7 Å². The highest BCUT2D eigenvalue weighted by Gasteiger charge is 2.26. The van der Waals surface area contributed by atoms with Crippen molar-refractivity contribution in [3.05, 3.63) is 64.7 Å². The number of piperidine rings is 1. The summed E-state index contributed by atoms with van der Waals surface area (Å²) in [6, 6.07) is 12.2. The molecule has 1 amide bonds. The molecule has 1 fully saturated rings. The van der Waals surface area contributed by atoms with Crippen LogP contribution in [0.3, 0.4) is 0 Å². The zero-order valence-electron chi connectivity index (χ0n) is 15.8. The van der Waals surface area contributed by atoms with Gasteiger partial charge < -0.3 is 15.5 Å². The minimum absolute atomic E-state index is 0.00549. The van der Waals surface area contributed by atoms with E-state index in [2.05, 4.69) is 25.5 Å². The summed E-state index contributed by atoms with van der Waals surface area (Å²) in [5.41, 5.74) is 0.373. The van der Waals surface area contributed by atoms with Crippen LogP contribution >= 0.6 is 11.3 Å². The minimum Gasteiger partial charge on any atom is -0.351 e. The molecule has 0 spiro atoms. The second-order valence-electron chi connectivity index (χ2n) is 6.91. The van der Waals surface area contributed by atoms with Gasteiger partial charge in [-0.15, -0.1) is 11.3 Å². The highest BCUT2D eigenvalue weighted by Crippen LogP contribution is 2.23. The Morgan fingerprint density at radius 2 is 2.00 bits per heavy atom. The van der Waals surface area contributed by atoms with Crippen LogP contribution in [-0.2, 0) is 11.3 Å². The maximum atomic E-state index is 13.8. The summed E-state index contributed by atoms with van der Waals surface area (Å²) in [7, 11) is 0. The molecule has 150 valence electrons. The fourth-order valence-electron chi connectivity index (χ4n) is 3.34. The van der Waals surface area contributed by atoms with Crippen molar-refractivity contribution in [3.8, 4) is 0 Å². The van der Waals surface area contributed by atoms with E-state index in [1.165, 1.54) is 6.07 Å². The molecule has 1 aromatic carbocycles. The molecule has 1 saturated heterocycles. The van der Waals surface area contributed by atoms with Crippen LogP contribution in [0.15, 0.2) is 54.0 Å². The molecule has 2 N–H and O–H groups in total. The monoisotopic (exact) mass is 411 g/mol. The Hall–Kier alpha value is -3.00. The van der Waals surface area contributed by atoms with Crippen LogP contribution in [0.4, 0.5) is 21.8 Å². The highest BCUT2D eigenvalue weighted by molar-refractivity contribution is 7.09. The molecular formula is C21H22FN5OS. The number of benzene rings is 1. The number of anilines is 3. The van der Waals surface area contributed by atoms with E-state index in [-0.39, 0.29) is 17.6 Å². The first-order valence-electron chi connectivity index (χ1n) is 9.58. The third-order valence-corrected chi connectivity index (χ3v) is 5.82. The summed E-state index contributed by atoms with van der Waals surface area (Å²) in [6.45, 7) is 2.00. The van der Waals surface area contributed by atoms with Gasteiger partial charge in [0, 0.05) is 30.1 Å². The van der Waals surface area contributed by atoms with Gasteiger partial charge in [0.1, 0.15) is 11.6 Å². The molecule has 0 aliphatic carbocycles. The molecule has 0 atom stereocenters. The Kier molecular flexibility index (Phi) is 6.00. The number of carbonyl (C=O) groups excluding carboxylic acids is 1. The molecule has 6 nitrogen and oxygen atoms in total. The van der Waals surface area contributed by atoms with Crippen molar-refractivity contribution in [2.24, 2.45) is 5.92 Å². The van der Waals surface area contributed by atoms with Gasteiger partial charge in [0.2, 0.25) is 11.9 Å². The zero-order chi connectivity index (χ0) is 20.1. The van der Waals surface area contributed by atoms with Gasteiger partial charge in [0.25, 0.3) is 0 Å². The highest BCUT2D eigenvalue weighted by atomic mass is 32.1. The third-order valence-electron chi connectivity index (χ3n) is 4.94. The van der Waals surface area contributed by atoms with Gasteiger partial charge in [-0.1, -0.05) is 18.2 Å². The number of thiophene rings is 1. The first-order chi connectivity index (χ1) is 14.2. The molecule has 3 aromatic rings. The summed E-state index contributed by atoms with van der Waals surface area (Å²) in [6.07, 6.45) is 3.17. The molecule has 29 heavy (non-hydrogen) atoms. The normalized spacial score (nSPS) is 14.6. The number of hydrogen-bond acceptors (Lipinski definition) is 6. The largest absolute Gasteiger partial charge is 0.351 e. The summed E-state index contributed by atoms with van der Waals surface area (Å²) >= 11 is 1.64. The lowest BCUT2D eigenvalue weighted by Gasteiger charge is -2.31. The lowest BCUT2D eigenvalue weighted by molar-refractivity contribution is -0.125. The van der Waals surface area contributed by atoms with Gasteiger partial charge >= 0.3 is 0 Å². The lowest BCUT2D eigenvalue weighted by Crippen LogP contribution is -2.41. The van der Waals surface area contributed by atoms with Crippen molar-refractivity contribution >= 4 is 34.7 Å². The maximum absolute atomic E-state index is 13.8. The van der Waals surface area contributed by atoms with Crippen LogP contribution in [-0.4, -0.2) is 29.0 Å². The van der Waals surface area contributed by atoms with Crippen LogP contribution in [0.5, 0.6) is 0 Å². The second-order valence-corrected chi connectivity index (χ2v) is 7.94. The molecule has 0 saturated carbocycles. The van der Waals surface area contributed by atoms with Crippen molar-refractivity contribution in [3.63, 3.8) is 0 Å². The molecule has 2 aromatic heterocycles. The van der Waals surface area contributed by atoms with Gasteiger partial charge in [-0.25, -0.2) is 9.37 Å². The van der Waals surface area contributed by atoms with Crippen molar-refractivity contribution in [1.29, 1.82) is 0 Å². The molecule has 1 aliphatic rings. The first kappa shape index (κ1) is 19.3. The van der Waals surface area contributed by atoms with E-state index < -0.39 is 0 Å². The summed E-state index contributed by atoms with van der Waals surface area (Å²) in [5.74, 6) is 0.904. The topological polar surface area (TPSA) is 70.2 Å². The fourth-order valence-corrected chi connectivity index (χ4v) is 3.99. The van der Waals surface area contributed by atoms with E-state index in [0.717, 1.165) is 17.7 Å². The Bertz CT molecular complexity index is 957. The van der Waals surface area contributed by atoms with Gasteiger partial charge in [0.05, 0.1) is 12.2 Å². The predicted molar refractivity (Wildman–Crippen MR) is 113 cm³/mol. The fraction of sp³-hybridized carbons (Fsp3) is 0.286. The number of aromatic nitrogens is 2. The van der Waals surface area contributed by atoms with Gasteiger partial charge in [0.15, 0.2) is 0 Å². The van der Waals surface area contributed by atoms with Crippen molar-refractivity contribution in [2.45, 2.75) is 19.4 Å². The third kappa shape index (κ3) is 4.89. The van der Waals surface area contributed by atoms with Gasteiger partial charge in [-0.3, -0.25) is 4.79 Å². The van der Waals surface area contributed by atoms with E-state index >= 15 is 0 Å². The maximum Gasteiger partial charge on any atom is 0.227 e. The summed E-state index contributed by atoms with van der Waals surface area (Å²) in [4.78, 5) is 24.5.